The van der Waals surface area contributed by atoms with Crippen molar-refractivity contribution in [2.75, 3.05) is 22.4 Å². The topological polar surface area (TPSA) is 75.7 Å². The average molecular weight is 436 g/mol. The van der Waals surface area contributed by atoms with Gasteiger partial charge in [-0.2, -0.15) is 0 Å². The average Bonchev–Trinajstić information content (AvgIpc) is 2.51. The molecule has 1 amide bonds. The van der Waals surface area contributed by atoms with Crippen molar-refractivity contribution in [3.05, 3.63) is 51.5 Å². The Morgan fingerprint density at radius 2 is 1.77 bits per heavy atom. The number of benzene rings is 2. The molecule has 1 aliphatic rings. The van der Waals surface area contributed by atoms with E-state index in [1.807, 2.05) is 0 Å². The second-order valence-corrected chi connectivity index (χ2v) is 8.88. The minimum atomic E-state index is -3.64. The van der Waals surface area contributed by atoms with Gasteiger partial charge < -0.3 is 10.1 Å². The van der Waals surface area contributed by atoms with Gasteiger partial charge in [0.05, 0.1) is 18.5 Å². The zero-order chi connectivity index (χ0) is 19.1. The van der Waals surface area contributed by atoms with E-state index < -0.39 is 22.0 Å². The summed E-state index contributed by atoms with van der Waals surface area (Å²) in [6, 6.07) is 9.12. The highest BCUT2D eigenvalue weighted by molar-refractivity contribution is 7.92. The van der Waals surface area contributed by atoms with Gasteiger partial charge >= 0.3 is 0 Å². The van der Waals surface area contributed by atoms with Crippen LogP contribution in [0, 0.1) is 0 Å². The standard InChI is InChI=1S/C16H13Cl3N2O4S/c1-26(23,24)21-8-15(25-14-3-2-9(17)7-13(14)21)16(22)20-12-5-10(18)4-11(19)6-12/h2-7,15H,8H2,1H3,(H,20,22). The Morgan fingerprint density at radius 3 is 2.38 bits per heavy atom. The summed E-state index contributed by atoms with van der Waals surface area (Å²) in [7, 11) is -3.64. The van der Waals surface area contributed by atoms with Crippen LogP contribution in [-0.2, 0) is 14.8 Å². The number of anilines is 2. The van der Waals surface area contributed by atoms with Gasteiger partial charge in [0, 0.05) is 20.8 Å². The number of hydrogen-bond donors (Lipinski definition) is 1. The highest BCUT2D eigenvalue weighted by Crippen LogP contribution is 2.37. The predicted molar refractivity (Wildman–Crippen MR) is 103 cm³/mol. The summed E-state index contributed by atoms with van der Waals surface area (Å²) < 4.78 is 31.0. The van der Waals surface area contributed by atoms with Gasteiger partial charge in [0.2, 0.25) is 10.0 Å². The van der Waals surface area contributed by atoms with Gasteiger partial charge in [0.25, 0.3) is 5.91 Å². The van der Waals surface area contributed by atoms with Gasteiger partial charge in [-0.25, -0.2) is 8.42 Å². The number of fused-ring (bicyclic) bond motifs is 1. The normalized spacial score (nSPS) is 16.6. The molecule has 1 aliphatic heterocycles. The second-order valence-electron chi connectivity index (χ2n) is 5.66. The van der Waals surface area contributed by atoms with Crippen LogP contribution in [0.15, 0.2) is 36.4 Å². The van der Waals surface area contributed by atoms with E-state index in [2.05, 4.69) is 5.32 Å². The Bertz CT molecular complexity index is 961. The number of carbonyl (C=O) groups excluding carboxylic acids is 1. The highest BCUT2D eigenvalue weighted by Gasteiger charge is 2.35. The highest BCUT2D eigenvalue weighted by atomic mass is 35.5. The number of nitrogens with one attached hydrogen (secondary N) is 1. The van der Waals surface area contributed by atoms with E-state index >= 15 is 0 Å². The summed E-state index contributed by atoms with van der Waals surface area (Å²) in [5.74, 6) is -0.284. The molecule has 0 radical (unpaired) electrons. The second kappa shape index (κ2) is 7.15. The molecule has 2 aromatic carbocycles. The lowest BCUT2D eigenvalue weighted by Gasteiger charge is -2.34. The molecule has 0 fully saturated rings. The van der Waals surface area contributed by atoms with Crippen LogP contribution in [0.3, 0.4) is 0 Å². The maximum absolute atomic E-state index is 12.6. The monoisotopic (exact) mass is 434 g/mol. The number of hydrogen-bond acceptors (Lipinski definition) is 4. The van der Waals surface area contributed by atoms with Crippen molar-refractivity contribution in [1.82, 2.24) is 0 Å². The van der Waals surface area contributed by atoms with E-state index in [-0.39, 0.29) is 18.0 Å². The molecular formula is C16H13Cl3N2O4S. The van der Waals surface area contributed by atoms with Crippen molar-refractivity contribution >= 4 is 62.1 Å². The van der Waals surface area contributed by atoms with Crippen LogP contribution in [0.4, 0.5) is 11.4 Å². The Hall–Kier alpha value is -1.67. The molecule has 1 heterocycles. The lowest BCUT2D eigenvalue weighted by molar-refractivity contribution is -0.122. The smallest absolute Gasteiger partial charge is 0.267 e. The molecule has 0 bridgehead atoms. The molecular weight excluding hydrogens is 423 g/mol. The zero-order valence-corrected chi connectivity index (χ0v) is 16.5. The first-order valence-corrected chi connectivity index (χ1v) is 10.3. The first-order chi connectivity index (χ1) is 12.1. The number of ether oxygens (including phenoxy) is 1. The van der Waals surface area contributed by atoms with Crippen LogP contribution in [-0.4, -0.2) is 33.2 Å². The van der Waals surface area contributed by atoms with Crippen LogP contribution in [0.5, 0.6) is 5.75 Å². The van der Waals surface area contributed by atoms with Crippen LogP contribution in [0.25, 0.3) is 0 Å². The third-order valence-electron chi connectivity index (χ3n) is 3.61. The van der Waals surface area contributed by atoms with Crippen molar-refractivity contribution in [1.29, 1.82) is 0 Å². The SMILES string of the molecule is CS(=O)(=O)N1CC(C(=O)Nc2cc(Cl)cc(Cl)c2)Oc2ccc(Cl)cc21. The van der Waals surface area contributed by atoms with Gasteiger partial charge in [-0.05, 0) is 36.4 Å². The minimum absolute atomic E-state index is 0.188. The Morgan fingerprint density at radius 1 is 1.12 bits per heavy atom. The van der Waals surface area contributed by atoms with Gasteiger partial charge in [-0.15, -0.1) is 0 Å². The molecule has 0 aliphatic carbocycles. The third kappa shape index (κ3) is 4.17. The van der Waals surface area contributed by atoms with Crippen molar-refractivity contribution < 1.29 is 17.9 Å². The number of rotatable bonds is 3. The molecule has 10 heteroatoms. The quantitative estimate of drug-likeness (QED) is 0.795. The maximum atomic E-state index is 12.6. The molecule has 1 unspecified atom stereocenters. The lowest BCUT2D eigenvalue weighted by atomic mass is 10.2. The van der Waals surface area contributed by atoms with Crippen LogP contribution < -0.4 is 14.4 Å². The molecule has 138 valence electrons. The number of amides is 1. The van der Waals surface area contributed by atoms with E-state index in [4.69, 9.17) is 39.5 Å². The van der Waals surface area contributed by atoms with E-state index in [0.717, 1.165) is 10.6 Å². The summed E-state index contributed by atoms with van der Waals surface area (Å²) in [4.78, 5) is 12.6. The van der Waals surface area contributed by atoms with Crippen LogP contribution >= 0.6 is 34.8 Å². The summed E-state index contributed by atoms with van der Waals surface area (Å²) in [5, 5.41) is 3.70. The Kier molecular flexibility index (Phi) is 5.25. The fraction of sp³-hybridized carbons (Fsp3) is 0.188. The fourth-order valence-corrected chi connectivity index (χ4v) is 4.12. The molecule has 0 saturated carbocycles. The van der Waals surface area contributed by atoms with Crippen molar-refractivity contribution in [2.24, 2.45) is 0 Å². The first-order valence-electron chi connectivity index (χ1n) is 7.34. The number of nitrogens with zero attached hydrogens (tertiary/aromatic N) is 1. The Labute approximate surface area is 165 Å². The zero-order valence-electron chi connectivity index (χ0n) is 13.4. The third-order valence-corrected chi connectivity index (χ3v) is 5.43. The lowest BCUT2D eigenvalue weighted by Crippen LogP contribution is -2.48. The maximum Gasteiger partial charge on any atom is 0.267 e. The molecule has 1 N–H and O–H groups in total. The molecule has 0 aromatic heterocycles. The largest absolute Gasteiger partial charge is 0.476 e. The summed E-state index contributed by atoms with van der Waals surface area (Å²) in [6.45, 7) is -0.188. The van der Waals surface area contributed by atoms with Gasteiger partial charge in [-0.1, -0.05) is 34.8 Å². The van der Waals surface area contributed by atoms with E-state index in [1.165, 1.54) is 30.3 Å². The van der Waals surface area contributed by atoms with Crippen molar-refractivity contribution in [2.45, 2.75) is 6.10 Å². The van der Waals surface area contributed by atoms with Crippen LogP contribution in [0.2, 0.25) is 15.1 Å². The number of halogens is 3. The van der Waals surface area contributed by atoms with E-state index in [1.54, 1.807) is 6.07 Å². The molecule has 26 heavy (non-hydrogen) atoms. The van der Waals surface area contributed by atoms with Gasteiger partial charge in [0.1, 0.15) is 5.75 Å². The van der Waals surface area contributed by atoms with Crippen LogP contribution in [0.1, 0.15) is 0 Å². The number of carbonyl (C=O) groups is 1. The Balaban J connectivity index is 1.89. The minimum Gasteiger partial charge on any atom is -0.476 e. The van der Waals surface area contributed by atoms with Gasteiger partial charge in [-0.3, -0.25) is 9.10 Å². The number of sulfonamides is 1. The summed E-state index contributed by atoms with van der Waals surface area (Å²) >= 11 is 17.8. The van der Waals surface area contributed by atoms with Crippen molar-refractivity contribution in [3.8, 4) is 5.75 Å². The van der Waals surface area contributed by atoms with Gasteiger partial charge in [0.15, 0.2) is 6.10 Å². The van der Waals surface area contributed by atoms with E-state index in [9.17, 15) is 13.2 Å². The van der Waals surface area contributed by atoms with E-state index in [0.29, 0.717) is 20.8 Å². The predicted octanol–water partition coefficient (Wildman–Crippen LogP) is 3.81. The van der Waals surface area contributed by atoms with Crippen molar-refractivity contribution in [3.63, 3.8) is 0 Å². The molecule has 3 rings (SSSR count). The molecule has 2 aromatic rings. The first kappa shape index (κ1) is 19.1. The molecule has 1 atom stereocenters. The molecule has 0 spiro atoms. The molecule has 6 nitrogen and oxygen atoms in total. The summed E-state index contributed by atoms with van der Waals surface area (Å²) in [5.41, 5.74) is 0.666. The molecule has 0 saturated heterocycles. The summed E-state index contributed by atoms with van der Waals surface area (Å²) in [6.07, 6.45) is -0.00880. The fourth-order valence-electron chi connectivity index (χ4n) is 2.52.